The quantitative estimate of drug-likeness (QED) is 0.609. The Morgan fingerprint density at radius 3 is 1.88 bits per heavy atom. The average molecular weight is 376 g/mol. The largest absolute Gasteiger partial charge is 0.338 e. The fourth-order valence-corrected chi connectivity index (χ4v) is 5.58. The van der Waals surface area contributed by atoms with Crippen LogP contribution in [-0.4, -0.2) is 41.6 Å². The van der Waals surface area contributed by atoms with Crippen molar-refractivity contribution in [2.75, 3.05) is 13.1 Å². The van der Waals surface area contributed by atoms with E-state index < -0.39 is 26.6 Å². The van der Waals surface area contributed by atoms with E-state index >= 15 is 0 Å². The van der Waals surface area contributed by atoms with Crippen molar-refractivity contribution in [2.24, 2.45) is 0 Å². The topological polar surface area (TPSA) is 60.5 Å². The number of hydrogen-bond donors (Lipinski definition) is 0. The summed E-state index contributed by atoms with van der Waals surface area (Å²) < 4.78 is 25.3. The smallest absolute Gasteiger partial charge is 0.295 e. The Labute approximate surface area is 149 Å². The number of rotatable bonds is 3. The highest BCUT2D eigenvalue weighted by atomic mass is 35.7. The van der Waals surface area contributed by atoms with Crippen LogP contribution in [0.5, 0.6) is 0 Å². The van der Waals surface area contributed by atoms with Gasteiger partial charge in [0.1, 0.15) is 5.66 Å². The molecule has 8 heteroatoms. The number of halogens is 1. The van der Waals surface area contributed by atoms with Crippen molar-refractivity contribution in [3.63, 3.8) is 0 Å². The Kier molecular flexibility index (Phi) is 2.76. The zero-order valence-electron chi connectivity index (χ0n) is 13.0. The van der Waals surface area contributed by atoms with Gasteiger partial charge in [-0.2, -0.15) is 12.7 Å². The lowest BCUT2D eigenvalue weighted by atomic mass is 10.0. The third-order valence-electron chi connectivity index (χ3n) is 5.32. The molecule has 0 aromatic heterocycles. The molecular formula is C17H14ClN3O3S. The molecule has 2 aromatic rings. The molecule has 2 aromatic carbocycles. The van der Waals surface area contributed by atoms with Gasteiger partial charge in [-0.3, -0.25) is 4.90 Å². The maximum Gasteiger partial charge on any atom is 0.338 e. The number of urea groups is 1. The summed E-state index contributed by atoms with van der Waals surface area (Å²) in [7, 11) is 1.44. The van der Waals surface area contributed by atoms with Crippen LogP contribution >= 0.6 is 10.7 Å². The van der Waals surface area contributed by atoms with Crippen molar-refractivity contribution in [3.8, 4) is 0 Å². The number of amides is 2. The highest BCUT2D eigenvalue weighted by molar-refractivity contribution is 8.12. The maximum atomic E-state index is 13.0. The Bertz CT molecular complexity index is 985. The zero-order valence-corrected chi connectivity index (χ0v) is 14.6. The highest BCUT2D eigenvalue weighted by Gasteiger charge is 2.82. The fourth-order valence-electron chi connectivity index (χ4n) is 4.16. The van der Waals surface area contributed by atoms with Crippen LogP contribution in [0.3, 0.4) is 0 Å². The van der Waals surface area contributed by atoms with Crippen molar-refractivity contribution in [1.29, 1.82) is 0 Å². The van der Waals surface area contributed by atoms with Crippen molar-refractivity contribution < 1.29 is 13.2 Å². The molecule has 2 amide bonds. The van der Waals surface area contributed by atoms with E-state index in [1.165, 1.54) is 0 Å². The van der Waals surface area contributed by atoms with E-state index in [4.69, 9.17) is 10.7 Å². The number of carbonyl (C=O) groups is 1. The summed E-state index contributed by atoms with van der Waals surface area (Å²) in [5.74, 6) is 0. The summed E-state index contributed by atoms with van der Waals surface area (Å²) in [6.07, 6.45) is 0. The number of nitrogens with zero attached hydrogens (tertiary/aromatic N) is 3. The molecule has 3 fully saturated rings. The molecule has 3 aliphatic rings. The Morgan fingerprint density at radius 1 is 0.840 bits per heavy atom. The summed E-state index contributed by atoms with van der Waals surface area (Å²) in [6, 6.07) is 18.3. The Balaban J connectivity index is 1.71. The van der Waals surface area contributed by atoms with Gasteiger partial charge in [-0.15, -0.1) is 0 Å². The van der Waals surface area contributed by atoms with Crippen molar-refractivity contribution >= 4 is 26.0 Å². The molecule has 3 unspecified atom stereocenters. The van der Waals surface area contributed by atoms with E-state index in [9.17, 15) is 13.2 Å². The molecule has 3 aliphatic heterocycles. The second kappa shape index (κ2) is 4.55. The average Bonchev–Trinajstić information content (AvgIpc) is 3.48. The van der Waals surface area contributed by atoms with Gasteiger partial charge in [0.15, 0.2) is 5.66 Å². The number of carbonyl (C=O) groups excluding carboxylic acids is 1. The predicted molar refractivity (Wildman–Crippen MR) is 91.7 cm³/mol. The molecule has 25 heavy (non-hydrogen) atoms. The van der Waals surface area contributed by atoms with Crippen LogP contribution in [0.2, 0.25) is 0 Å². The van der Waals surface area contributed by atoms with Gasteiger partial charge < -0.3 is 0 Å². The van der Waals surface area contributed by atoms with Crippen molar-refractivity contribution in [1.82, 2.24) is 14.1 Å². The molecule has 0 saturated carbocycles. The van der Waals surface area contributed by atoms with Crippen LogP contribution in [0.25, 0.3) is 0 Å². The molecule has 128 valence electrons. The standard InChI is InChI=1S/C17H14ClN3O3S/c18-25(23,24)21-15(22)19-11-16(19,13-7-3-1-4-8-13)20-12-17(20,21)14-9-5-2-6-10-14/h1-10H,11-12H2. The zero-order chi connectivity index (χ0) is 17.4. The monoisotopic (exact) mass is 375 g/mol. The van der Waals surface area contributed by atoms with Gasteiger partial charge in [0.05, 0.1) is 6.54 Å². The first-order chi connectivity index (χ1) is 11.9. The normalized spacial score (nSPS) is 32.8. The number of fused-ring (bicyclic) bond motifs is 3. The lowest BCUT2D eigenvalue weighted by Gasteiger charge is -2.37. The van der Waals surface area contributed by atoms with Crippen LogP contribution in [0.1, 0.15) is 11.1 Å². The number of hydrogen-bond acceptors (Lipinski definition) is 4. The third kappa shape index (κ3) is 1.78. The fraction of sp³-hybridized carbons (Fsp3) is 0.235. The molecule has 6 nitrogen and oxygen atoms in total. The Hall–Kier alpha value is -2.09. The molecule has 0 aliphatic carbocycles. The molecule has 0 bridgehead atoms. The molecule has 3 heterocycles. The van der Waals surface area contributed by atoms with Crippen molar-refractivity contribution in [2.45, 2.75) is 11.3 Å². The highest BCUT2D eigenvalue weighted by Crippen LogP contribution is 2.65. The minimum Gasteiger partial charge on any atom is -0.295 e. The van der Waals surface area contributed by atoms with Gasteiger partial charge in [-0.05, 0) is 11.1 Å². The van der Waals surface area contributed by atoms with Gasteiger partial charge in [0.25, 0.3) is 0 Å². The van der Waals surface area contributed by atoms with Crippen molar-refractivity contribution in [3.05, 3.63) is 71.8 Å². The SMILES string of the molecule is O=C1N2CC2(c2ccccc2)N2CC2(c2ccccc2)N1S(=O)(=O)Cl. The van der Waals surface area contributed by atoms with Crippen LogP contribution in [-0.2, 0) is 20.6 Å². The van der Waals surface area contributed by atoms with Crippen LogP contribution < -0.4 is 0 Å². The first-order valence-corrected chi connectivity index (χ1v) is 10.1. The Morgan fingerprint density at radius 2 is 1.36 bits per heavy atom. The summed E-state index contributed by atoms with van der Waals surface area (Å²) in [6.45, 7) is 0.868. The second-order valence-corrected chi connectivity index (χ2v) is 8.89. The minimum atomic E-state index is -4.23. The van der Waals surface area contributed by atoms with Gasteiger partial charge in [-0.25, -0.2) is 9.69 Å². The predicted octanol–water partition coefficient (Wildman–Crippen LogP) is 2.24. The van der Waals surface area contributed by atoms with E-state index in [1.54, 1.807) is 4.90 Å². The minimum absolute atomic E-state index is 0.417. The molecule has 3 atom stereocenters. The molecule has 3 saturated heterocycles. The van der Waals surface area contributed by atoms with Gasteiger partial charge in [-0.1, -0.05) is 60.7 Å². The van der Waals surface area contributed by atoms with E-state index in [2.05, 4.69) is 0 Å². The van der Waals surface area contributed by atoms with Crippen LogP contribution in [0.15, 0.2) is 60.7 Å². The molecule has 0 radical (unpaired) electrons. The maximum absolute atomic E-state index is 13.0. The molecular weight excluding hydrogens is 362 g/mol. The number of benzene rings is 2. The van der Waals surface area contributed by atoms with Gasteiger partial charge in [0.2, 0.25) is 0 Å². The molecule has 5 rings (SSSR count). The van der Waals surface area contributed by atoms with E-state index in [0.717, 1.165) is 15.4 Å². The summed E-state index contributed by atoms with van der Waals surface area (Å²) in [5.41, 5.74) is 0.0795. The van der Waals surface area contributed by atoms with E-state index in [1.807, 2.05) is 65.6 Å². The third-order valence-corrected chi connectivity index (χ3v) is 6.63. The van der Waals surface area contributed by atoms with Gasteiger partial charge >= 0.3 is 15.3 Å². The summed E-state index contributed by atoms with van der Waals surface area (Å²) in [4.78, 5) is 16.6. The first kappa shape index (κ1) is 15.2. The van der Waals surface area contributed by atoms with Crippen LogP contribution in [0.4, 0.5) is 4.79 Å². The van der Waals surface area contributed by atoms with Crippen LogP contribution in [0, 0.1) is 0 Å². The molecule has 0 spiro atoms. The van der Waals surface area contributed by atoms with Gasteiger partial charge in [0, 0.05) is 17.2 Å². The van der Waals surface area contributed by atoms with E-state index in [-0.39, 0.29) is 0 Å². The lowest BCUT2D eigenvalue weighted by molar-refractivity contribution is 0.101. The second-order valence-electron chi connectivity index (χ2n) is 6.53. The van der Waals surface area contributed by atoms with E-state index in [0.29, 0.717) is 13.1 Å². The summed E-state index contributed by atoms with van der Waals surface area (Å²) in [5, 5.41) is 0. The molecule has 0 N–H and O–H groups in total. The first-order valence-electron chi connectivity index (χ1n) is 7.88. The summed E-state index contributed by atoms with van der Waals surface area (Å²) >= 11 is 0. The lowest BCUT2D eigenvalue weighted by Crippen LogP contribution is -2.54.